The third-order valence-corrected chi connectivity index (χ3v) is 7.44. The summed E-state index contributed by atoms with van der Waals surface area (Å²) in [7, 11) is 0. The molecule has 2 fully saturated rings. The lowest BCUT2D eigenvalue weighted by Crippen LogP contribution is -2.39. The van der Waals surface area contributed by atoms with Crippen LogP contribution in [0.2, 0.25) is 0 Å². The first-order valence-corrected chi connectivity index (χ1v) is 11.9. The van der Waals surface area contributed by atoms with Gasteiger partial charge in [-0.25, -0.2) is 4.98 Å². The fourth-order valence-corrected chi connectivity index (χ4v) is 5.79. The fourth-order valence-electron chi connectivity index (χ4n) is 5.79. The number of pyridine rings is 1. The van der Waals surface area contributed by atoms with E-state index in [0.717, 1.165) is 53.8 Å². The van der Waals surface area contributed by atoms with Crippen LogP contribution in [0.1, 0.15) is 54.6 Å². The van der Waals surface area contributed by atoms with E-state index in [1.807, 2.05) is 53.6 Å². The molecule has 0 unspecified atom stereocenters. The number of carbonyl (C=O) groups is 1. The molecule has 0 radical (unpaired) electrons. The van der Waals surface area contributed by atoms with Crippen LogP contribution >= 0.6 is 0 Å². The Bertz CT molecular complexity index is 1460. The first-order chi connectivity index (χ1) is 17.0. The summed E-state index contributed by atoms with van der Waals surface area (Å²) in [6, 6.07) is 14.4. The topological polar surface area (TPSA) is 113 Å². The Kier molecular flexibility index (Phi) is 4.99. The Morgan fingerprint density at radius 3 is 2.43 bits per heavy atom. The first-order valence-electron chi connectivity index (χ1n) is 11.9. The smallest absolute Gasteiger partial charge is 0.179 e. The van der Waals surface area contributed by atoms with Gasteiger partial charge in [-0.1, -0.05) is 36.4 Å². The molecular formula is C27H25N7O. The van der Waals surface area contributed by atoms with Gasteiger partial charge in [0.15, 0.2) is 17.6 Å². The van der Waals surface area contributed by atoms with Gasteiger partial charge in [0.2, 0.25) is 0 Å². The molecule has 0 saturated carbocycles. The number of piperidine rings is 1. The molecule has 3 aromatic heterocycles. The van der Waals surface area contributed by atoms with Crippen LogP contribution in [0.3, 0.4) is 0 Å². The van der Waals surface area contributed by atoms with E-state index in [1.54, 1.807) is 10.7 Å². The number of Topliss-reactive ketones (excluding diaryl/α,β-unsaturated/α-hetero) is 1. The molecule has 4 aromatic rings. The maximum Gasteiger partial charge on any atom is 0.179 e. The summed E-state index contributed by atoms with van der Waals surface area (Å²) in [6.45, 7) is 1.53. The SMILES string of the molecule is CC(=O)c1c(C2C[C@H]3CC[C@H](C2)N3C#N)nc2c(-c3ccc(-c4ccccc4)nc3)cnn2c1N. The number of nitrogen functional groups attached to an aromatic ring is 1. The third kappa shape index (κ3) is 3.43. The van der Waals surface area contributed by atoms with Crippen LogP contribution in [0.25, 0.3) is 28.0 Å². The Balaban J connectivity index is 1.44. The number of ketones is 1. The molecule has 1 aromatic carbocycles. The summed E-state index contributed by atoms with van der Waals surface area (Å²) in [5.41, 5.74) is 11.9. The minimum atomic E-state index is -0.118. The van der Waals surface area contributed by atoms with Crippen molar-refractivity contribution in [3.63, 3.8) is 0 Å². The Hall–Kier alpha value is -4.25. The molecule has 174 valence electrons. The summed E-state index contributed by atoms with van der Waals surface area (Å²) in [5.74, 6) is 0.269. The Labute approximate surface area is 203 Å². The van der Waals surface area contributed by atoms with Crippen LogP contribution in [-0.4, -0.2) is 42.3 Å². The molecule has 2 aliphatic rings. The highest BCUT2D eigenvalue weighted by molar-refractivity contribution is 6.00. The lowest BCUT2D eigenvalue weighted by molar-refractivity contribution is 0.101. The van der Waals surface area contributed by atoms with Crippen molar-refractivity contribution in [2.24, 2.45) is 0 Å². The number of nitriles is 1. The molecule has 8 heteroatoms. The van der Waals surface area contributed by atoms with E-state index in [9.17, 15) is 10.1 Å². The Morgan fingerprint density at radius 1 is 1.06 bits per heavy atom. The number of nitrogens with two attached hydrogens (primary N) is 1. The standard InChI is InChI=1S/C27H25N7O/c1-16(35)24-25(19-11-20-8-9-21(12-19)33(20)15-28)32-27-22(14-31-34(27)26(24)29)18-7-10-23(30-13-18)17-5-3-2-4-6-17/h2-7,10,13-14,19-21H,8-9,11-12,29H2,1H3/t20-,21-/m1/s1. The average Bonchev–Trinajstić information content (AvgIpc) is 3.41. The van der Waals surface area contributed by atoms with Crippen LogP contribution in [0.5, 0.6) is 0 Å². The molecule has 35 heavy (non-hydrogen) atoms. The molecule has 0 aliphatic carbocycles. The monoisotopic (exact) mass is 463 g/mol. The van der Waals surface area contributed by atoms with E-state index < -0.39 is 0 Å². The number of benzene rings is 1. The molecule has 2 bridgehead atoms. The molecule has 8 nitrogen and oxygen atoms in total. The van der Waals surface area contributed by atoms with Crippen molar-refractivity contribution in [2.45, 2.75) is 50.6 Å². The number of anilines is 1. The van der Waals surface area contributed by atoms with Crippen molar-refractivity contribution in [1.82, 2.24) is 24.5 Å². The maximum atomic E-state index is 12.7. The summed E-state index contributed by atoms with van der Waals surface area (Å²) >= 11 is 0. The van der Waals surface area contributed by atoms with Crippen molar-refractivity contribution < 1.29 is 4.79 Å². The summed E-state index contributed by atoms with van der Waals surface area (Å²) in [6.07, 6.45) is 9.50. The van der Waals surface area contributed by atoms with Crippen LogP contribution < -0.4 is 5.73 Å². The number of hydrogen-bond acceptors (Lipinski definition) is 7. The quantitative estimate of drug-likeness (QED) is 0.352. The predicted octanol–water partition coefficient (Wildman–Crippen LogP) is 4.43. The van der Waals surface area contributed by atoms with Gasteiger partial charge >= 0.3 is 0 Å². The van der Waals surface area contributed by atoms with E-state index in [1.165, 1.54) is 6.92 Å². The van der Waals surface area contributed by atoms with Crippen molar-refractivity contribution in [3.8, 4) is 28.6 Å². The third-order valence-electron chi connectivity index (χ3n) is 7.44. The van der Waals surface area contributed by atoms with Crippen LogP contribution in [0.15, 0.2) is 54.9 Å². The Morgan fingerprint density at radius 2 is 1.80 bits per heavy atom. The summed E-state index contributed by atoms with van der Waals surface area (Å²) < 4.78 is 1.56. The number of aromatic nitrogens is 4. The van der Waals surface area contributed by atoms with Crippen molar-refractivity contribution in [2.75, 3.05) is 5.73 Å². The predicted molar refractivity (Wildman–Crippen MR) is 132 cm³/mol. The minimum Gasteiger partial charge on any atom is -0.383 e. The summed E-state index contributed by atoms with van der Waals surface area (Å²) in [5, 5.41) is 14.0. The lowest BCUT2D eigenvalue weighted by atomic mass is 9.85. The molecule has 2 aliphatic heterocycles. The maximum absolute atomic E-state index is 12.7. The normalized spacial score (nSPS) is 21.3. The molecule has 2 saturated heterocycles. The highest BCUT2D eigenvalue weighted by Gasteiger charge is 2.42. The van der Waals surface area contributed by atoms with E-state index in [-0.39, 0.29) is 23.8 Å². The highest BCUT2D eigenvalue weighted by Crippen LogP contribution is 2.44. The zero-order valence-corrected chi connectivity index (χ0v) is 19.4. The van der Waals surface area contributed by atoms with Crippen LogP contribution in [0.4, 0.5) is 5.82 Å². The van der Waals surface area contributed by atoms with Crippen LogP contribution in [-0.2, 0) is 0 Å². The average molecular weight is 464 g/mol. The van der Waals surface area contributed by atoms with Crippen LogP contribution in [0, 0.1) is 11.5 Å². The minimum absolute atomic E-state index is 0.0737. The fraction of sp³-hybridized carbons (Fsp3) is 0.296. The second-order valence-corrected chi connectivity index (χ2v) is 9.47. The van der Waals surface area contributed by atoms with Gasteiger partial charge in [-0.05, 0) is 38.7 Å². The number of carbonyl (C=O) groups excluding carboxylic acids is 1. The van der Waals surface area contributed by atoms with Gasteiger partial charge in [-0.2, -0.15) is 14.9 Å². The first kappa shape index (κ1) is 21.3. The highest BCUT2D eigenvalue weighted by atomic mass is 16.1. The van der Waals surface area contributed by atoms with Gasteiger partial charge in [0.05, 0.1) is 23.1 Å². The van der Waals surface area contributed by atoms with Gasteiger partial charge in [-0.3, -0.25) is 9.78 Å². The molecular weight excluding hydrogens is 438 g/mol. The zero-order valence-electron chi connectivity index (χ0n) is 19.4. The largest absolute Gasteiger partial charge is 0.383 e. The van der Waals surface area contributed by atoms with Crippen molar-refractivity contribution in [1.29, 1.82) is 5.26 Å². The second-order valence-electron chi connectivity index (χ2n) is 9.47. The van der Waals surface area contributed by atoms with Gasteiger partial charge < -0.3 is 10.6 Å². The van der Waals surface area contributed by atoms with Crippen molar-refractivity contribution in [3.05, 3.63) is 66.1 Å². The molecule has 6 rings (SSSR count). The lowest BCUT2D eigenvalue weighted by Gasteiger charge is -2.35. The van der Waals surface area contributed by atoms with Gasteiger partial charge in [0, 0.05) is 40.9 Å². The van der Waals surface area contributed by atoms with E-state index in [4.69, 9.17) is 10.7 Å². The number of fused-ring (bicyclic) bond motifs is 3. The van der Waals surface area contributed by atoms with Crippen molar-refractivity contribution >= 4 is 17.2 Å². The second kappa shape index (κ2) is 8.20. The molecule has 5 heterocycles. The van der Waals surface area contributed by atoms with Gasteiger partial charge in [0.1, 0.15) is 5.82 Å². The van der Waals surface area contributed by atoms with Gasteiger partial charge in [-0.15, -0.1) is 0 Å². The summed E-state index contributed by atoms with van der Waals surface area (Å²) in [4.78, 5) is 24.3. The molecule has 0 amide bonds. The molecule has 2 atom stereocenters. The number of rotatable bonds is 4. The zero-order chi connectivity index (χ0) is 24.1. The number of hydrogen-bond donors (Lipinski definition) is 1. The number of nitrogens with zero attached hydrogens (tertiary/aromatic N) is 6. The van der Waals surface area contributed by atoms with E-state index in [2.05, 4.69) is 16.3 Å². The van der Waals surface area contributed by atoms with E-state index >= 15 is 0 Å². The van der Waals surface area contributed by atoms with E-state index in [0.29, 0.717) is 17.0 Å². The molecule has 0 spiro atoms. The molecule has 2 N–H and O–H groups in total. The van der Waals surface area contributed by atoms with Gasteiger partial charge in [0.25, 0.3) is 0 Å².